The van der Waals surface area contributed by atoms with Crippen molar-refractivity contribution in [3.63, 3.8) is 0 Å². The van der Waals surface area contributed by atoms with Crippen molar-refractivity contribution in [3.05, 3.63) is 4.91 Å². The zero-order valence-electron chi connectivity index (χ0n) is 5.92. The Morgan fingerprint density at radius 2 is 2.30 bits per heavy atom. The highest BCUT2D eigenvalue weighted by Gasteiger charge is 2.30. The maximum atomic E-state index is 10.4. The maximum Gasteiger partial charge on any atom is 0.330 e. The van der Waals surface area contributed by atoms with Crippen molar-refractivity contribution in [2.24, 2.45) is 5.29 Å². The van der Waals surface area contributed by atoms with Gasteiger partial charge in [0.05, 0.1) is 5.29 Å². The van der Waals surface area contributed by atoms with E-state index in [4.69, 9.17) is 5.11 Å². The second-order valence-electron chi connectivity index (χ2n) is 2.19. The summed E-state index contributed by atoms with van der Waals surface area (Å²) in [6.45, 7) is 3.06. The molecule has 2 N–H and O–H groups in total. The molecule has 0 spiro atoms. The average molecular weight is 146 g/mol. The predicted molar refractivity (Wildman–Crippen MR) is 35.3 cm³/mol. The summed E-state index contributed by atoms with van der Waals surface area (Å²) in [6.07, 6.45) is 0.314. The van der Waals surface area contributed by atoms with Gasteiger partial charge in [0.15, 0.2) is 5.54 Å². The van der Waals surface area contributed by atoms with E-state index in [1.54, 1.807) is 6.92 Å². The first-order valence-electron chi connectivity index (χ1n) is 2.89. The molecule has 10 heavy (non-hydrogen) atoms. The fourth-order valence-corrected chi connectivity index (χ4v) is 0.379. The van der Waals surface area contributed by atoms with E-state index in [9.17, 15) is 9.70 Å². The lowest BCUT2D eigenvalue weighted by atomic mass is 10.0. The lowest BCUT2D eigenvalue weighted by molar-refractivity contribution is -0.144. The Labute approximate surface area is 58.4 Å². The first kappa shape index (κ1) is 8.87. The Morgan fingerprint density at radius 3 is 2.40 bits per heavy atom. The van der Waals surface area contributed by atoms with Gasteiger partial charge in [0, 0.05) is 0 Å². The van der Waals surface area contributed by atoms with E-state index in [0.29, 0.717) is 6.42 Å². The monoisotopic (exact) mass is 146 g/mol. The molecule has 0 aromatic heterocycles. The molecule has 0 aliphatic heterocycles. The van der Waals surface area contributed by atoms with E-state index in [0.717, 1.165) is 0 Å². The summed E-state index contributed by atoms with van der Waals surface area (Å²) < 4.78 is 0. The van der Waals surface area contributed by atoms with Gasteiger partial charge in [0.2, 0.25) is 0 Å². The van der Waals surface area contributed by atoms with Crippen LogP contribution in [-0.2, 0) is 4.79 Å². The summed E-state index contributed by atoms with van der Waals surface area (Å²) in [5.41, 5.74) is 0.758. The van der Waals surface area contributed by atoms with Gasteiger partial charge in [-0.1, -0.05) is 6.92 Å². The van der Waals surface area contributed by atoms with Crippen molar-refractivity contribution in [1.29, 1.82) is 0 Å². The highest BCUT2D eigenvalue weighted by molar-refractivity contribution is 5.77. The quantitative estimate of drug-likeness (QED) is 0.447. The van der Waals surface area contributed by atoms with Crippen LogP contribution in [0.3, 0.4) is 0 Å². The Kier molecular flexibility index (Phi) is 2.79. The normalized spacial score (nSPS) is 15.4. The molecule has 1 atom stereocenters. The second-order valence-corrected chi connectivity index (χ2v) is 2.19. The van der Waals surface area contributed by atoms with Gasteiger partial charge < -0.3 is 5.11 Å². The molecule has 5 nitrogen and oxygen atoms in total. The molecule has 0 fully saturated rings. The molecule has 5 heteroatoms. The minimum atomic E-state index is -1.22. The van der Waals surface area contributed by atoms with Crippen molar-refractivity contribution in [1.82, 2.24) is 5.43 Å². The van der Waals surface area contributed by atoms with Crippen LogP contribution in [0.4, 0.5) is 0 Å². The maximum absolute atomic E-state index is 10.4. The van der Waals surface area contributed by atoms with Gasteiger partial charge in [-0.05, 0) is 13.3 Å². The minimum Gasteiger partial charge on any atom is -0.479 e. The zero-order valence-corrected chi connectivity index (χ0v) is 5.92. The van der Waals surface area contributed by atoms with Gasteiger partial charge in [-0.25, -0.2) is 4.79 Å². The van der Waals surface area contributed by atoms with Crippen LogP contribution in [-0.4, -0.2) is 16.6 Å². The van der Waals surface area contributed by atoms with Crippen molar-refractivity contribution in [3.8, 4) is 0 Å². The number of nitroso groups, excluding NO2 is 1. The average Bonchev–Trinajstić information content (AvgIpc) is 1.88. The second kappa shape index (κ2) is 3.14. The van der Waals surface area contributed by atoms with Crippen LogP contribution >= 0.6 is 0 Å². The summed E-state index contributed by atoms with van der Waals surface area (Å²) in [5, 5.41) is 10.8. The third-order valence-corrected chi connectivity index (χ3v) is 1.47. The number of rotatable bonds is 4. The van der Waals surface area contributed by atoms with Gasteiger partial charge in [0.1, 0.15) is 0 Å². The molecule has 0 radical (unpaired) electrons. The molecule has 0 aromatic carbocycles. The predicted octanol–water partition coefficient (Wildman–Crippen LogP) is 0.511. The summed E-state index contributed by atoms with van der Waals surface area (Å²) in [4.78, 5) is 20.0. The number of carboxylic acids is 1. The lowest BCUT2D eigenvalue weighted by Crippen LogP contribution is -2.45. The fourth-order valence-electron chi connectivity index (χ4n) is 0.379. The Hall–Kier alpha value is -1.13. The molecular weight excluding hydrogens is 136 g/mol. The SMILES string of the molecule is CCC(C)(NN=O)C(=O)O. The van der Waals surface area contributed by atoms with E-state index in [1.807, 2.05) is 5.43 Å². The van der Waals surface area contributed by atoms with Crippen molar-refractivity contribution >= 4 is 5.97 Å². The van der Waals surface area contributed by atoms with Crippen molar-refractivity contribution in [2.45, 2.75) is 25.8 Å². The summed E-state index contributed by atoms with van der Waals surface area (Å²) in [5.74, 6) is -1.07. The number of carboxylic acid groups (broad SMARTS) is 1. The standard InChI is InChI=1S/C5H10N2O3/c1-3-5(2,4(8)9)6-7-10/h3H2,1-2H3,(H,6,10)(H,8,9). The molecule has 0 aliphatic carbocycles. The van der Waals surface area contributed by atoms with Gasteiger partial charge in [-0.15, -0.1) is 4.91 Å². The number of aliphatic carboxylic acids is 1. The van der Waals surface area contributed by atoms with Gasteiger partial charge in [-0.3, -0.25) is 5.43 Å². The molecule has 0 aromatic rings. The van der Waals surface area contributed by atoms with Crippen molar-refractivity contribution in [2.75, 3.05) is 0 Å². The summed E-state index contributed by atoms with van der Waals surface area (Å²) >= 11 is 0. The van der Waals surface area contributed by atoms with Crippen LogP contribution in [0.15, 0.2) is 5.29 Å². The zero-order chi connectivity index (χ0) is 8.20. The number of hydrogen-bond donors (Lipinski definition) is 2. The molecule has 0 heterocycles. The number of hydrogen-bond acceptors (Lipinski definition) is 3. The Morgan fingerprint density at radius 1 is 1.80 bits per heavy atom. The largest absolute Gasteiger partial charge is 0.479 e. The first-order valence-corrected chi connectivity index (χ1v) is 2.89. The molecule has 0 amide bonds. The molecular formula is C5H10N2O3. The summed E-state index contributed by atoms with van der Waals surface area (Å²) in [7, 11) is 0. The van der Waals surface area contributed by atoms with Gasteiger partial charge in [-0.2, -0.15) is 0 Å². The van der Waals surface area contributed by atoms with Crippen LogP contribution < -0.4 is 5.43 Å². The van der Waals surface area contributed by atoms with Crippen LogP contribution in [0.5, 0.6) is 0 Å². The fraction of sp³-hybridized carbons (Fsp3) is 0.800. The van der Waals surface area contributed by atoms with Crippen LogP contribution in [0.25, 0.3) is 0 Å². The third kappa shape index (κ3) is 1.68. The molecule has 0 saturated carbocycles. The molecule has 58 valence electrons. The van der Waals surface area contributed by atoms with E-state index < -0.39 is 11.5 Å². The lowest BCUT2D eigenvalue weighted by Gasteiger charge is -2.19. The van der Waals surface area contributed by atoms with E-state index >= 15 is 0 Å². The van der Waals surface area contributed by atoms with E-state index in [-0.39, 0.29) is 0 Å². The molecule has 0 saturated heterocycles. The highest BCUT2D eigenvalue weighted by atomic mass is 16.4. The summed E-state index contributed by atoms with van der Waals surface area (Å²) in [6, 6.07) is 0. The molecule has 0 rings (SSSR count). The third-order valence-electron chi connectivity index (χ3n) is 1.47. The van der Waals surface area contributed by atoms with Crippen LogP contribution in [0.1, 0.15) is 20.3 Å². The topological polar surface area (TPSA) is 78.8 Å². The number of carbonyl (C=O) groups is 1. The number of nitrogens with one attached hydrogen (secondary N) is 1. The highest BCUT2D eigenvalue weighted by Crippen LogP contribution is 2.08. The Bertz CT molecular complexity index is 148. The van der Waals surface area contributed by atoms with Crippen molar-refractivity contribution < 1.29 is 9.90 Å². The minimum absolute atomic E-state index is 0.314. The van der Waals surface area contributed by atoms with E-state index in [1.165, 1.54) is 6.92 Å². The van der Waals surface area contributed by atoms with Gasteiger partial charge in [0.25, 0.3) is 0 Å². The van der Waals surface area contributed by atoms with E-state index in [2.05, 4.69) is 5.29 Å². The molecule has 0 bridgehead atoms. The van der Waals surface area contributed by atoms with Crippen LogP contribution in [0, 0.1) is 4.91 Å². The molecule has 0 aliphatic rings. The van der Waals surface area contributed by atoms with Crippen LogP contribution in [0.2, 0.25) is 0 Å². The number of nitrogens with zero attached hydrogens (tertiary/aromatic N) is 1. The first-order chi connectivity index (χ1) is 4.56. The molecule has 1 unspecified atom stereocenters. The Balaban J connectivity index is 4.21. The smallest absolute Gasteiger partial charge is 0.330 e. The van der Waals surface area contributed by atoms with Gasteiger partial charge >= 0.3 is 5.97 Å².